The van der Waals surface area contributed by atoms with Crippen LogP contribution in [0.25, 0.3) is 0 Å². The van der Waals surface area contributed by atoms with Gasteiger partial charge in [-0.25, -0.2) is 0 Å². The summed E-state index contributed by atoms with van der Waals surface area (Å²) in [7, 11) is 0. The highest BCUT2D eigenvalue weighted by atomic mass is 35.5. The highest BCUT2D eigenvalue weighted by Gasteiger charge is 2.09. The first-order chi connectivity index (χ1) is 10.1. The van der Waals surface area contributed by atoms with Crippen molar-refractivity contribution >= 4 is 11.6 Å². The molecule has 0 fully saturated rings. The average molecular weight is 308 g/mol. The number of rotatable bonds is 6. The Kier molecular flexibility index (Phi) is 5.33. The lowest BCUT2D eigenvalue weighted by Crippen LogP contribution is -2.09. The number of hydrogen-bond donors (Lipinski definition) is 0. The van der Waals surface area contributed by atoms with E-state index in [-0.39, 0.29) is 23.4 Å². The van der Waals surface area contributed by atoms with Gasteiger partial charge in [-0.1, -0.05) is 25.5 Å². The molecule has 2 aromatic rings. The van der Waals surface area contributed by atoms with E-state index in [1.807, 2.05) is 38.1 Å². The van der Waals surface area contributed by atoms with Crippen LogP contribution >= 0.6 is 11.6 Å². The number of ether oxygens (including phenoxy) is 2. The topological polar surface area (TPSA) is 57.1 Å². The molecule has 0 aliphatic heterocycles. The van der Waals surface area contributed by atoms with E-state index in [0.717, 1.165) is 12.8 Å². The van der Waals surface area contributed by atoms with Crippen molar-refractivity contribution < 1.29 is 9.47 Å². The summed E-state index contributed by atoms with van der Waals surface area (Å²) in [6, 6.07) is 8.08. The van der Waals surface area contributed by atoms with E-state index in [1.54, 1.807) is 0 Å². The standard InChI is InChI=1S/C15H18ClN3O2/c1-4-5-11-6-8-12(9-7-11)21-15-18-13(16)17-14(19-15)20-10(2)3/h6-10H,4-5H2,1-3H3. The average Bonchev–Trinajstić information content (AvgIpc) is 2.40. The second-order valence-electron chi connectivity index (χ2n) is 4.83. The number of halogens is 1. The Morgan fingerprint density at radius 2 is 1.71 bits per heavy atom. The van der Waals surface area contributed by atoms with Crippen LogP contribution in [0.15, 0.2) is 24.3 Å². The Bertz CT molecular complexity index is 588. The SMILES string of the molecule is CCCc1ccc(Oc2nc(Cl)nc(OC(C)C)n2)cc1. The monoisotopic (exact) mass is 307 g/mol. The van der Waals surface area contributed by atoms with E-state index in [1.165, 1.54) is 5.56 Å². The third kappa shape index (κ3) is 4.86. The maximum atomic E-state index is 5.84. The van der Waals surface area contributed by atoms with Crippen LogP contribution in [0.5, 0.6) is 17.8 Å². The molecule has 6 heteroatoms. The van der Waals surface area contributed by atoms with E-state index < -0.39 is 0 Å². The number of aryl methyl sites for hydroxylation is 1. The summed E-state index contributed by atoms with van der Waals surface area (Å²) in [5.74, 6) is 0.646. The van der Waals surface area contributed by atoms with Gasteiger partial charge in [0.25, 0.3) is 0 Å². The minimum Gasteiger partial charge on any atom is -0.461 e. The molecule has 1 aromatic heterocycles. The molecule has 112 valence electrons. The van der Waals surface area contributed by atoms with Crippen LogP contribution in [0, 0.1) is 0 Å². The second kappa shape index (κ2) is 7.22. The summed E-state index contributed by atoms with van der Waals surface area (Å²) in [4.78, 5) is 11.9. The van der Waals surface area contributed by atoms with Crippen molar-refractivity contribution in [3.8, 4) is 17.8 Å². The number of nitrogens with zero attached hydrogens (tertiary/aromatic N) is 3. The minimum atomic E-state index is -0.0513. The Morgan fingerprint density at radius 3 is 2.33 bits per heavy atom. The Morgan fingerprint density at radius 1 is 1.05 bits per heavy atom. The van der Waals surface area contributed by atoms with Gasteiger partial charge in [-0.3, -0.25) is 0 Å². The lowest BCUT2D eigenvalue weighted by atomic mass is 10.1. The minimum absolute atomic E-state index is 0.0400. The molecule has 0 bridgehead atoms. The van der Waals surface area contributed by atoms with Gasteiger partial charge in [0, 0.05) is 0 Å². The highest BCUT2D eigenvalue weighted by molar-refractivity contribution is 6.28. The maximum absolute atomic E-state index is 5.84. The van der Waals surface area contributed by atoms with Gasteiger partial charge in [0.15, 0.2) is 0 Å². The predicted molar refractivity (Wildman–Crippen MR) is 81.1 cm³/mol. The summed E-state index contributed by atoms with van der Waals surface area (Å²) < 4.78 is 11.0. The lowest BCUT2D eigenvalue weighted by molar-refractivity contribution is 0.218. The number of benzene rings is 1. The van der Waals surface area contributed by atoms with Crippen LogP contribution in [-0.4, -0.2) is 21.1 Å². The zero-order valence-corrected chi connectivity index (χ0v) is 13.1. The van der Waals surface area contributed by atoms with Gasteiger partial charge < -0.3 is 9.47 Å². The normalized spacial score (nSPS) is 10.7. The van der Waals surface area contributed by atoms with E-state index in [4.69, 9.17) is 21.1 Å². The van der Waals surface area contributed by atoms with Gasteiger partial charge in [0.2, 0.25) is 5.28 Å². The molecule has 0 radical (unpaired) electrons. The molecule has 1 aromatic carbocycles. The van der Waals surface area contributed by atoms with Gasteiger partial charge in [-0.15, -0.1) is 4.98 Å². The van der Waals surface area contributed by atoms with Crippen molar-refractivity contribution in [3.05, 3.63) is 35.1 Å². The molecule has 0 atom stereocenters. The molecule has 0 spiro atoms. The third-order valence-electron chi connectivity index (χ3n) is 2.58. The molecular weight excluding hydrogens is 290 g/mol. The fraction of sp³-hybridized carbons (Fsp3) is 0.400. The van der Waals surface area contributed by atoms with Gasteiger partial charge in [-0.05, 0) is 49.6 Å². The largest absolute Gasteiger partial charge is 0.461 e. The molecule has 0 aliphatic rings. The second-order valence-corrected chi connectivity index (χ2v) is 5.17. The van der Waals surface area contributed by atoms with Gasteiger partial charge in [0.05, 0.1) is 6.10 Å². The zero-order chi connectivity index (χ0) is 15.2. The van der Waals surface area contributed by atoms with Crippen molar-refractivity contribution in [2.75, 3.05) is 0 Å². The molecule has 0 N–H and O–H groups in total. The first-order valence-corrected chi connectivity index (χ1v) is 7.29. The Hall–Kier alpha value is -1.88. The molecule has 5 nitrogen and oxygen atoms in total. The van der Waals surface area contributed by atoms with Crippen LogP contribution in [0.1, 0.15) is 32.8 Å². The van der Waals surface area contributed by atoms with E-state index in [9.17, 15) is 0 Å². The number of hydrogen-bond acceptors (Lipinski definition) is 5. The van der Waals surface area contributed by atoms with Crippen LogP contribution in [0.3, 0.4) is 0 Å². The lowest BCUT2D eigenvalue weighted by Gasteiger charge is -2.09. The zero-order valence-electron chi connectivity index (χ0n) is 12.3. The van der Waals surface area contributed by atoms with Crippen molar-refractivity contribution in [1.82, 2.24) is 15.0 Å². The quantitative estimate of drug-likeness (QED) is 0.805. The van der Waals surface area contributed by atoms with Crippen LogP contribution in [0.2, 0.25) is 5.28 Å². The van der Waals surface area contributed by atoms with E-state index >= 15 is 0 Å². The molecule has 0 saturated carbocycles. The smallest absolute Gasteiger partial charge is 0.329 e. The Labute approximate surface area is 129 Å². The first-order valence-electron chi connectivity index (χ1n) is 6.92. The fourth-order valence-corrected chi connectivity index (χ4v) is 1.89. The summed E-state index contributed by atoms with van der Waals surface area (Å²) in [6.07, 6.45) is 2.10. The van der Waals surface area contributed by atoms with Crippen LogP contribution < -0.4 is 9.47 Å². The molecule has 1 heterocycles. The van der Waals surface area contributed by atoms with E-state index in [2.05, 4.69) is 21.9 Å². The maximum Gasteiger partial charge on any atom is 0.329 e. The van der Waals surface area contributed by atoms with Crippen molar-refractivity contribution in [3.63, 3.8) is 0 Å². The van der Waals surface area contributed by atoms with Gasteiger partial charge in [0.1, 0.15) is 5.75 Å². The molecule has 0 saturated heterocycles. The third-order valence-corrected chi connectivity index (χ3v) is 2.75. The molecule has 0 aliphatic carbocycles. The summed E-state index contributed by atoms with van der Waals surface area (Å²) in [5, 5.41) is 0.0400. The highest BCUT2D eigenvalue weighted by Crippen LogP contribution is 2.21. The molecular formula is C15H18ClN3O2. The summed E-state index contributed by atoms with van der Waals surface area (Å²) in [5.41, 5.74) is 1.27. The van der Waals surface area contributed by atoms with Gasteiger partial charge >= 0.3 is 12.0 Å². The number of aromatic nitrogens is 3. The first kappa shape index (κ1) is 15.5. The predicted octanol–water partition coefficient (Wildman–Crippen LogP) is 4.06. The van der Waals surface area contributed by atoms with Crippen LogP contribution in [-0.2, 0) is 6.42 Å². The van der Waals surface area contributed by atoms with Crippen molar-refractivity contribution in [2.45, 2.75) is 39.7 Å². The Balaban J connectivity index is 2.12. The van der Waals surface area contributed by atoms with Gasteiger partial charge in [-0.2, -0.15) is 9.97 Å². The molecule has 2 rings (SSSR count). The van der Waals surface area contributed by atoms with Crippen molar-refractivity contribution in [2.24, 2.45) is 0 Å². The summed E-state index contributed by atoms with van der Waals surface area (Å²) in [6.45, 7) is 5.91. The summed E-state index contributed by atoms with van der Waals surface area (Å²) >= 11 is 5.84. The van der Waals surface area contributed by atoms with Crippen molar-refractivity contribution in [1.29, 1.82) is 0 Å². The molecule has 21 heavy (non-hydrogen) atoms. The molecule has 0 amide bonds. The van der Waals surface area contributed by atoms with Crippen LogP contribution in [0.4, 0.5) is 0 Å². The van der Waals surface area contributed by atoms with E-state index in [0.29, 0.717) is 5.75 Å². The molecule has 0 unspecified atom stereocenters. The fourth-order valence-electron chi connectivity index (χ4n) is 1.74.